The molecule has 1 atom stereocenters. The first kappa shape index (κ1) is 21.8. The Labute approximate surface area is 177 Å². The molecule has 0 saturated carbocycles. The molecular formula is C22H31N5O3. The molecule has 3 rings (SSSR count). The Hall–Kier alpha value is -2.87. The van der Waals surface area contributed by atoms with Gasteiger partial charge >= 0.3 is 6.09 Å². The molecule has 0 aliphatic carbocycles. The smallest absolute Gasteiger partial charge is 0.408 e. The quantitative estimate of drug-likeness (QED) is 0.786. The molecule has 2 amide bonds. The third-order valence-corrected chi connectivity index (χ3v) is 4.96. The molecule has 1 aliphatic heterocycles. The number of rotatable bonds is 6. The van der Waals surface area contributed by atoms with Gasteiger partial charge in [0.2, 0.25) is 5.91 Å². The van der Waals surface area contributed by atoms with Gasteiger partial charge in [0.1, 0.15) is 11.6 Å². The van der Waals surface area contributed by atoms with Crippen molar-refractivity contribution in [1.82, 2.24) is 24.7 Å². The van der Waals surface area contributed by atoms with Crippen LogP contribution in [0.5, 0.6) is 0 Å². The fraction of sp³-hybridized carbons (Fsp3) is 0.500. The highest BCUT2D eigenvalue weighted by Crippen LogP contribution is 2.18. The highest BCUT2D eigenvalue weighted by Gasteiger charge is 2.31. The third kappa shape index (κ3) is 6.32. The van der Waals surface area contributed by atoms with Crippen LogP contribution in [0.1, 0.15) is 32.4 Å². The van der Waals surface area contributed by atoms with Gasteiger partial charge in [0.05, 0.1) is 6.33 Å². The van der Waals surface area contributed by atoms with Gasteiger partial charge in [0, 0.05) is 51.7 Å². The lowest BCUT2D eigenvalue weighted by Gasteiger charge is -2.36. The van der Waals surface area contributed by atoms with Crippen molar-refractivity contribution in [3.05, 3.63) is 54.6 Å². The van der Waals surface area contributed by atoms with Gasteiger partial charge in [-0.05, 0) is 26.3 Å². The average Bonchev–Trinajstić information content (AvgIpc) is 3.23. The summed E-state index contributed by atoms with van der Waals surface area (Å²) in [4.78, 5) is 33.9. The predicted octanol–water partition coefficient (Wildman–Crippen LogP) is 2.29. The maximum Gasteiger partial charge on any atom is 0.408 e. The molecule has 1 fully saturated rings. The number of hydrogen-bond donors (Lipinski definition) is 1. The molecule has 8 nitrogen and oxygen atoms in total. The Morgan fingerprint density at radius 3 is 2.40 bits per heavy atom. The molecule has 8 heteroatoms. The van der Waals surface area contributed by atoms with Gasteiger partial charge in [-0.15, -0.1) is 0 Å². The molecule has 30 heavy (non-hydrogen) atoms. The highest BCUT2D eigenvalue weighted by atomic mass is 16.6. The zero-order valence-corrected chi connectivity index (χ0v) is 18.0. The van der Waals surface area contributed by atoms with Crippen LogP contribution in [0, 0.1) is 0 Å². The van der Waals surface area contributed by atoms with Crippen molar-refractivity contribution in [3.63, 3.8) is 0 Å². The Kier molecular flexibility index (Phi) is 7.10. The molecule has 0 bridgehead atoms. The number of piperazine rings is 1. The first-order chi connectivity index (χ1) is 14.3. The minimum Gasteiger partial charge on any atom is -0.444 e. The lowest BCUT2D eigenvalue weighted by Crippen LogP contribution is -2.52. The van der Waals surface area contributed by atoms with E-state index in [0.29, 0.717) is 13.1 Å². The number of ether oxygens (including phenoxy) is 1. The topological polar surface area (TPSA) is 79.7 Å². The molecule has 0 spiro atoms. The summed E-state index contributed by atoms with van der Waals surface area (Å²) in [5, 5.41) is 2.77. The average molecular weight is 414 g/mol. The van der Waals surface area contributed by atoms with Gasteiger partial charge in [-0.25, -0.2) is 9.78 Å². The summed E-state index contributed by atoms with van der Waals surface area (Å²) in [5.74, 6) is -0.110. The summed E-state index contributed by atoms with van der Waals surface area (Å²) in [5.41, 5.74) is 0.116. The van der Waals surface area contributed by atoms with Crippen LogP contribution in [0.4, 0.5) is 4.79 Å². The zero-order chi connectivity index (χ0) is 21.6. The molecular weight excluding hydrogens is 382 g/mol. The van der Waals surface area contributed by atoms with Gasteiger partial charge < -0.3 is 19.5 Å². The van der Waals surface area contributed by atoms with E-state index in [2.05, 4.69) is 15.2 Å². The number of alkyl carbamates (subject to hydrolysis) is 1. The molecule has 1 aromatic heterocycles. The Bertz CT molecular complexity index is 809. The zero-order valence-electron chi connectivity index (χ0n) is 18.0. The Morgan fingerprint density at radius 1 is 1.10 bits per heavy atom. The maximum absolute atomic E-state index is 13.3. The molecule has 1 saturated heterocycles. The lowest BCUT2D eigenvalue weighted by atomic mass is 10.1. The van der Waals surface area contributed by atoms with Gasteiger partial charge in [-0.1, -0.05) is 30.3 Å². The summed E-state index contributed by atoms with van der Waals surface area (Å²) >= 11 is 0. The van der Waals surface area contributed by atoms with Crippen LogP contribution in [-0.4, -0.2) is 69.7 Å². The number of amides is 2. The number of carbonyl (C=O) groups excluding carboxylic acids is 2. The number of nitrogens with one attached hydrogen (secondary N) is 1. The summed E-state index contributed by atoms with van der Waals surface area (Å²) < 4.78 is 7.42. The van der Waals surface area contributed by atoms with Crippen LogP contribution in [-0.2, 0) is 16.1 Å². The largest absolute Gasteiger partial charge is 0.444 e. The highest BCUT2D eigenvalue weighted by molar-refractivity contribution is 5.87. The SMILES string of the molecule is CC(C)(C)OC(=O)N[C@@H](C(=O)N1CCN(CCn2ccnc2)CC1)c1ccccc1. The minimum atomic E-state index is -0.765. The van der Waals surface area contributed by atoms with Crippen LogP contribution >= 0.6 is 0 Å². The van der Waals surface area contributed by atoms with Crippen LogP contribution in [0.2, 0.25) is 0 Å². The van der Waals surface area contributed by atoms with Gasteiger partial charge in [-0.2, -0.15) is 0 Å². The van der Waals surface area contributed by atoms with Crippen LogP contribution in [0.25, 0.3) is 0 Å². The monoisotopic (exact) mass is 413 g/mol. The van der Waals surface area contributed by atoms with E-state index in [0.717, 1.165) is 31.7 Å². The van der Waals surface area contributed by atoms with Crippen molar-refractivity contribution in [1.29, 1.82) is 0 Å². The molecule has 1 aromatic carbocycles. The summed E-state index contributed by atoms with van der Waals surface area (Å²) in [6.07, 6.45) is 4.95. The van der Waals surface area contributed by atoms with Gasteiger partial charge in [-0.3, -0.25) is 9.69 Å². The fourth-order valence-corrected chi connectivity index (χ4v) is 3.41. The lowest BCUT2D eigenvalue weighted by molar-refractivity contribution is -0.135. The van der Waals surface area contributed by atoms with Gasteiger partial charge in [0.25, 0.3) is 0 Å². The van der Waals surface area contributed by atoms with Crippen molar-refractivity contribution in [2.24, 2.45) is 0 Å². The molecule has 2 aromatic rings. The van der Waals surface area contributed by atoms with E-state index >= 15 is 0 Å². The number of carbonyl (C=O) groups is 2. The van der Waals surface area contributed by atoms with Crippen molar-refractivity contribution in [2.75, 3.05) is 32.7 Å². The second-order valence-electron chi connectivity index (χ2n) is 8.46. The molecule has 1 aliphatic rings. The molecule has 162 valence electrons. The van der Waals surface area contributed by atoms with E-state index in [9.17, 15) is 9.59 Å². The van der Waals surface area contributed by atoms with E-state index in [4.69, 9.17) is 4.74 Å². The van der Waals surface area contributed by atoms with E-state index in [1.165, 1.54) is 0 Å². The van der Waals surface area contributed by atoms with E-state index in [1.54, 1.807) is 27.0 Å². The number of aromatic nitrogens is 2. The summed E-state index contributed by atoms with van der Waals surface area (Å²) in [6.45, 7) is 10.0. The normalized spacial score (nSPS) is 16.2. The molecule has 0 radical (unpaired) electrons. The first-order valence-electron chi connectivity index (χ1n) is 10.3. The number of benzene rings is 1. The summed E-state index contributed by atoms with van der Waals surface area (Å²) in [6, 6.07) is 8.54. The second-order valence-corrected chi connectivity index (χ2v) is 8.46. The summed E-state index contributed by atoms with van der Waals surface area (Å²) in [7, 11) is 0. The van der Waals surface area contributed by atoms with Crippen molar-refractivity contribution in [2.45, 2.75) is 39.0 Å². The van der Waals surface area contributed by atoms with Crippen LogP contribution in [0.15, 0.2) is 49.1 Å². The minimum absolute atomic E-state index is 0.110. The van der Waals surface area contributed by atoms with Crippen molar-refractivity contribution < 1.29 is 14.3 Å². The second kappa shape index (κ2) is 9.75. The number of hydrogen-bond acceptors (Lipinski definition) is 5. The maximum atomic E-state index is 13.3. The molecule has 2 heterocycles. The number of imidazole rings is 1. The standard InChI is InChI=1S/C22H31N5O3/c1-22(2,3)30-21(29)24-19(18-7-5-4-6-8-18)20(28)27-15-13-25(14-16-27)11-12-26-10-9-23-17-26/h4-10,17,19H,11-16H2,1-3H3,(H,24,29)/t19-/m1/s1. The van der Waals surface area contributed by atoms with E-state index in [-0.39, 0.29) is 5.91 Å². The van der Waals surface area contributed by atoms with Crippen LogP contribution in [0.3, 0.4) is 0 Å². The van der Waals surface area contributed by atoms with Crippen LogP contribution < -0.4 is 5.32 Å². The van der Waals surface area contributed by atoms with E-state index in [1.807, 2.05) is 52.3 Å². The van der Waals surface area contributed by atoms with Crippen molar-refractivity contribution >= 4 is 12.0 Å². The Balaban J connectivity index is 1.60. The number of nitrogens with zero attached hydrogens (tertiary/aromatic N) is 4. The first-order valence-corrected chi connectivity index (χ1v) is 10.3. The third-order valence-electron chi connectivity index (χ3n) is 4.96. The molecule has 1 N–H and O–H groups in total. The molecule has 0 unspecified atom stereocenters. The predicted molar refractivity (Wildman–Crippen MR) is 114 cm³/mol. The van der Waals surface area contributed by atoms with Crippen molar-refractivity contribution in [3.8, 4) is 0 Å². The fourth-order valence-electron chi connectivity index (χ4n) is 3.41. The van der Waals surface area contributed by atoms with Gasteiger partial charge in [0.15, 0.2) is 0 Å². The Morgan fingerprint density at radius 2 is 1.80 bits per heavy atom. The van der Waals surface area contributed by atoms with E-state index < -0.39 is 17.7 Å².